The Morgan fingerprint density at radius 3 is 2.62 bits per heavy atom. The summed E-state index contributed by atoms with van der Waals surface area (Å²) in [5.41, 5.74) is 0.416. The van der Waals surface area contributed by atoms with E-state index in [9.17, 15) is 4.79 Å². The van der Waals surface area contributed by atoms with E-state index in [1.807, 2.05) is 14.0 Å². The van der Waals surface area contributed by atoms with Crippen LogP contribution in [0.25, 0.3) is 0 Å². The maximum atomic E-state index is 11.9. The molecule has 1 amide bonds. The molecule has 1 unspecified atom stereocenters. The maximum absolute atomic E-state index is 11.9. The molecular formula is C13H15Cl2N5O. The Labute approximate surface area is 132 Å². The molecule has 2 aromatic rings. The minimum Gasteiger partial charge on any atom is -0.322 e. The van der Waals surface area contributed by atoms with Crippen LogP contribution in [0.15, 0.2) is 24.5 Å². The van der Waals surface area contributed by atoms with Crippen molar-refractivity contribution in [3.63, 3.8) is 0 Å². The fraction of sp³-hybridized carbons (Fsp3) is 0.308. The van der Waals surface area contributed by atoms with Gasteiger partial charge >= 0.3 is 0 Å². The second kappa shape index (κ2) is 6.89. The molecule has 2 rings (SSSR count). The number of anilines is 1. The number of benzene rings is 1. The van der Waals surface area contributed by atoms with E-state index in [-0.39, 0.29) is 18.5 Å². The first-order valence-electron chi connectivity index (χ1n) is 6.30. The van der Waals surface area contributed by atoms with Gasteiger partial charge < -0.3 is 9.88 Å². The summed E-state index contributed by atoms with van der Waals surface area (Å²) in [5.74, 6) is 0.512. The summed E-state index contributed by atoms with van der Waals surface area (Å²) in [6, 6.07) is 4.94. The number of hydrogen-bond donors (Lipinski definition) is 2. The summed E-state index contributed by atoms with van der Waals surface area (Å²) in [6.45, 7) is 2.01. The molecule has 1 heterocycles. The normalized spacial score (nSPS) is 12.2. The number of para-hydroxylation sites is 1. The van der Waals surface area contributed by atoms with E-state index in [1.54, 1.807) is 29.1 Å². The van der Waals surface area contributed by atoms with E-state index < -0.39 is 0 Å². The minimum absolute atomic E-state index is 0.107. The highest BCUT2D eigenvalue weighted by atomic mass is 35.5. The summed E-state index contributed by atoms with van der Waals surface area (Å²) in [4.78, 5) is 11.9. The number of rotatable bonds is 5. The van der Waals surface area contributed by atoms with Crippen LogP contribution in [-0.2, 0) is 11.8 Å². The lowest BCUT2D eigenvalue weighted by atomic mass is 10.3. The van der Waals surface area contributed by atoms with Crippen molar-refractivity contribution in [3.05, 3.63) is 40.4 Å². The number of aromatic nitrogens is 3. The van der Waals surface area contributed by atoms with Gasteiger partial charge in [0, 0.05) is 7.05 Å². The Morgan fingerprint density at radius 2 is 2.05 bits per heavy atom. The molecule has 2 N–H and O–H groups in total. The van der Waals surface area contributed by atoms with Crippen LogP contribution < -0.4 is 10.6 Å². The van der Waals surface area contributed by atoms with Gasteiger partial charge in [-0.3, -0.25) is 10.1 Å². The lowest BCUT2D eigenvalue weighted by Crippen LogP contribution is -2.31. The summed E-state index contributed by atoms with van der Waals surface area (Å²) < 4.78 is 1.79. The molecule has 1 aromatic heterocycles. The Hall–Kier alpha value is -1.63. The van der Waals surface area contributed by atoms with Crippen LogP contribution in [0.5, 0.6) is 0 Å². The molecule has 0 saturated carbocycles. The standard InChI is InChI=1S/C13H15Cl2N5O/c1-8(13-19-17-7-20(13)2)16-6-11(21)18-12-9(14)4-3-5-10(12)15/h3-5,7-8,16H,6H2,1-2H3,(H,18,21). The Bertz CT molecular complexity index is 623. The van der Waals surface area contributed by atoms with E-state index in [1.165, 1.54) is 0 Å². The molecule has 1 atom stereocenters. The van der Waals surface area contributed by atoms with Crippen molar-refractivity contribution >= 4 is 34.8 Å². The fourth-order valence-corrected chi connectivity index (χ4v) is 2.31. The molecule has 0 spiro atoms. The Kier molecular flexibility index (Phi) is 5.17. The van der Waals surface area contributed by atoms with Crippen LogP contribution in [0, 0.1) is 0 Å². The van der Waals surface area contributed by atoms with Crippen molar-refractivity contribution in [3.8, 4) is 0 Å². The van der Waals surface area contributed by atoms with Gasteiger partial charge in [0.2, 0.25) is 5.91 Å². The monoisotopic (exact) mass is 327 g/mol. The molecule has 0 bridgehead atoms. The number of carbonyl (C=O) groups excluding carboxylic acids is 1. The molecule has 1 aromatic carbocycles. The summed E-state index contributed by atoms with van der Waals surface area (Å²) >= 11 is 12.0. The van der Waals surface area contributed by atoms with Crippen LogP contribution in [0.4, 0.5) is 5.69 Å². The number of carbonyl (C=O) groups is 1. The van der Waals surface area contributed by atoms with E-state index in [0.29, 0.717) is 15.7 Å². The highest BCUT2D eigenvalue weighted by Crippen LogP contribution is 2.29. The summed E-state index contributed by atoms with van der Waals surface area (Å²) in [7, 11) is 1.84. The van der Waals surface area contributed by atoms with Gasteiger partial charge in [0.1, 0.15) is 12.2 Å². The Morgan fingerprint density at radius 1 is 1.38 bits per heavy atom. The third-order valence-corrected chi connectivity index (χ3v) is 3.56. The van der Waals surface area contributed by atoms with Crippen LogP contribution in [-0.4, -0.2) is 27.2 Å². The van der Waals surface area contributed by atoms with E-state index in [2.05, 4.69) is 20.8 Å². The highest BCUT2D eigenvalue weighted by molar-refractivity contribution is 6.39. The van der Waals surface area contributed by atoms with Gasteiger partial charge in [-0.2, -0.15) is 0 Å². The van der Waals surface area contributed by atoms with Gasteiger partial charge in [-0.15, -0.1) is 10.2 Å². The Balaban J connectivity index is 1.92. The van der Waals surface area contributed by atoms with Crippen molar-refractivity contribution < 1.29 is 4.79 Å². The third-order valence-electron chi connectivity index (χ3n) is 2.93. The third kappa shape index (κ3) is 3.93. The predicted octanol–water partition coefficient (Wildman–Crippen LogP) is 2.41. The summed E-state index contributed by atoms with van der Waals surface area (Å²) in [5, 5.41) is 14.3. The number of hydrogen-bond acceptors (Lipinski definition) is 4. The van der Waals surface area contributed by atoms with Gasteiger partial charge in [-0.25, -0.2) is 0 Å². The van der Waals surface area contributed by atoms with Gasteiger partial charge in [0.15, 0.2) is 0 Å². The number of nitrogens with one attached hydrogen (secondary N) is 2. The number of nitrogens with zero attached hydrogens (tertiary/aromatic N) is 3. The SMILES string of the molecule is CC(NCC(=O)Nc1c(Cl)cccc1Cl)c1nncn1C. The fourth-order valence-electron chi connectivity index (χ4n) is 1.82. The molecule has 8 heteroatoms. The van der Waals surface area contributed by atoms with E-state index >= 15 is 0 Å². The summed E-state index contributed by atoms with van der Waals surface area (Å²) in [6.07, 6.45) is 1.61. The minimum atomic E-state index is -0.237. The van der Waals surface area contributed by atoms with Gasteiger partial charge in [0.05, 0.1) is 28.3 Å². The average Bonchev–Trinajstić information content (AvgIpc) is 2.87. The molecule has 0 aliphatic heterocycles. The van der Waals surface area contributed by atoms with E-state index in [0.717, 1.165) is 5.82 Å². The molecule has 21 heavy (non-hydrogen) atoms. The molecule has 0 aliphatic rings. The van der Waals surface area contributed by atoms with Crippen LogP contribution in [0.2, 0.25) is 10.0 Å². The zero-order valence-electron chi connectivity index (χ0n) is 11.6. The topological polar surface area (TPSA) is 71.8 Å². The second-order valence-electron chi connectivity index (χ2n) is 4.55. The van der Waals surface area contributed by atoms with Gasteiger partial charge in [-0.1, -0.05) is 29.3 Å². The molecule has 0 fully saturated rings. The zero-order chi connectivity index (χ0) is 15.4. The average molecular weight is 328 g/mol. The second-order valence-corrected chi connectivity index (χ2v) is 5.36. The molecular weight excluding hydrogens is 313 g/mol. The molecule has 0 radical (unpaired) electrons. The van der Waals surface area contributed by atoms with Crippen molar-refractivity contribution in [2.24, 2.45) is 7.05 Å². The predicted molar refractivity (Wildman–Crippen MR) is 82.5 cm³/mol. The van der Waals surface area contributed by atoms with Crippen molar-refractivity contribution in [2.45, 2.75) is 13.0 Å². The van der Waals surface area contributed by atoms with Crippen LogP contribution in [0.3, 0.4) is 0 Å². The highest BCUT2D eigenvalue weighted by Gasteiger charge is 2.14. The zero-order valence-corrected chi connectivity index (χ0v) is 13.1. The first kappa shape index (κ1) is 15.8. The van der Waals surface area contributed by atoms with Gasteiger partial charge in [-0.05, 0) is 19.1 Å². The van der Waals surface area contributed by atoms with Crippen molar-refractivity contribution in [1.29, 1.82) is 0 Å². The lowest BCUT2D eigenvalue weighted by molar-refractivity contribution is -0.115. The molecule has 0 aliphatic carbocycles. The van der Waals surface area contributed by atoms with Crippen LogP contribution in [0.1, 0.15) is 18.8 Å². The number of amides is 1. The quantitative estimate of drug-likeness (QED) is 0.884. The molecule has 0 saturated heterocycles. The lowest BCUT2D eigenvalue weighted by Gasteiger charge is -2.13. The number of halogens is 2. The van der Waals surface area contributed by atoms with E-state index in [4.69, 9.17) is 23.2 Å². The smallest absolute Gasteiger partial charge is 0.238 e. The van der Waals surface area contributed by atoms with Crippen LogP contribution >= 0.6 is 23.2 Å². The number of aryl methyl sites for hydroxylation is 1. The van der Waals surface area contributed by atoms with Crippen molar-refractivity contribution in [2.75, 3.05) is 11.9 Å². The largest absolute Gasteiger partial charge is 0.322 e. The van der Waals surface area contributed by atoms with Crippen molar-refractivity contribution in [1.82, 2.24) is 20.1 Å². The maximum Gasteiger partial charge on any atom is 0.238 e. The molecule has 112 valence electrons. The first-order chi connectivity index (χ1) is 9.99. The molecule has 6 nitrogen and oxygen atoms in total. The van der Waals surface area contributed by atoms with Gasteiger partial charge in [0.25, 0.3) is 0 Å². The first-order valence-corrected chi connectivity index (χ1v) is 7.05.